The van der Waals surface area contributed by atoms with Crippen LogP contribution in [-0.2, 0) is 4.79 Å². The number of nitrogens with one attached hydrogen (secondary N) is 2. The Labute approximate surface area is 118 Å². The molecule has 3 nitrogen and oxygen atoms in total. The number of halogens is 2. The molecule has 0 aliphatic rings. The van der Waals surface area contributed by atoms with Crippen molar-refractivity contribution in [2.45, 2.75) is 32.7 Å². The summed E-state index contributed by atoms with van der Waals surface area (Å²) >= 11 is 5.98. The molecular weight excluding hydrogens is 267 g/mol. The summed E-state index contributed by atoms with van der Waals surface area (Å²) in [7, 11) is 0. The molecule has 1 amide bonds. The van der Waals surface area contributed by atoms with E-state index in [0.29, 0.717) is 24.5 Å². The minimum Gasteiger partial charge on any atom is -0.356 e. The molecule has 106 valence electrons. The average molecular weight is 287 g/mol. The molecule has 0 aliphatic heterocycles. The van der Waals surface area contributed by atoms with Crippen molar-refractivity contribution >= 4 is 17.5 Å². The average Bonchev–Trinajstić information content (AvgIpc) is 2.36. The molecule has 1 atom stereocenters. The maximum Gasteiger partial charge on any atom is 0.221 e. The summed E-state index contributed by atoms with van der Waals surface area (Å²) < 4.78 is 12.9. The number of hydrogen-bond acceptors (Lipinski definition) is 2. The van der Waals surface area contributed by atoms with E-state index in [0.717, 1.165) is 12.0 Å². The minimum atomic E-state index is -0.347. The second-order valence-corrected chi connectivity index (χ2v) is 4.85. The third-order valence-electron chi connectivity index (χ3n) is 2.80. The van der Waals surface area contributed by atoms with Crippen molar-refractivity contribution in [1.29, 1.82) is 0 Å². The highest BCUT2D eigenvalue weighted by molar-refractivity contribution is 6.31. The maximum absolute atomic E-state index is 12.9. The van der Waals surface area contributed by atoms with E-state index >= 15 is 0 Å². The van der Waals surface area contributed by atoms with Gasteiger partial charge < -0.3 is 10.6 Å². The lowest BCUT2D eigenvalue weighted by atomic mass is 10.1. The third kappa shape index (κ3) is 5.57. The molecule has 0 bridgehead atoms. The van der Waals surface area contributed by atoms with Crippen molar-refractivity contribution in [2.75, 3.05) is 13.1 Å². The molecule has 5 heteroatoms. The van der Waals surface area contributed by atoms with Crippen LogP contribution in [0, 0.1) is 5.82 Å². The lowest BCUT2D eigenvalue weighted by molar-refractivity contribution is -0.121. The van der Waals surface area contributed by atoms with Gasteiger partial charge in [-0.2, -0.15) is 0 Å². The van der Waals surface area contributed by atoms with Crippen LogP contribution in [-0.4, -0.2) is 19.0 Å². The Bertz CT molecular complexity index is 426. The first-order chi connectivity index (χ1) is 9.04. The van der Waals surface area contributed by atoms with Gasteiger partial charge in [0, 0.05) is 30.6 Å². The second kappa shape index (κ2) is 8.12. The molecule has 0 aromatic heterocycles. The van der Waals surface area contributed by atoms with E-state index < -0.39 is 0 Å². The van der Waals surface area contributed by atoms with Crippen molar-refractivity contribution in [3.05, 3.63) is 34.6 Å². The molecule has 0 spiro atoms. The van der Waals surface area contributed by atoms with Gasteiger partial charge in [-0.05, 0) is 31.0 Å². The summed E-state index contributed by atoms with van der Waals surface area (Å²) in [5, 5.41) is 6.41. The van der Waals surface area contributed by atoms with Crippen LogP contribution in [0.15, 0.2) is 18.2 Å². The summed E-state index contributed by atoms with van der Waals surface area (Å²) in [5.41, 5.74) is 0.831. The Kier molecular flexibility index (Phi) is 6.81. The van der Waals surface area contributed by atoms with E-state index in [1.54, 1.807) is 6.07 Å². The first-order valence-corrected chi connectivity index (χ1v) is 6.87. The van der Waals surface area contributed by atoms with Gasteiger partial charge in [0.25, 0.3) is 0 Å². The molecule has 0 aliphatic carbocycles. The highest BCUT2D eigenvalue weighted by atomic mass is 35.5. The van der Waals surface area contributed by atoms with Crippen LogP contribution < -0.4 is 10.6 Å². The second-order valence-electron chi connectivity index (χ2n) is 4.44. The molecule has 2 N–H and O–H groups in total. The summed E-state index contributed by atoms with van der Waals surface area (Å²) in [6.07, 6.45) is 1.35. The molecule has 0 saturated heterocycles. The van der Waals surface area contributed by atoms with Crippen LogP contribution in [0.3, 0.4) is 0 Å². The molecule has 0 radical (unpaired) electrons. The van der Waals surface area contributed by atoms with Gasteiger partial charge in [-0.1, -0.05) is 24.6 Å². The topological polar surface area (TPSA) is 41.1 Å². The van der Waals surface area contributed by atoms with Gasteiger partial charge in [0.05, 0.1) is 0 Å². The maximum atomic E-state index is 12.9. The van der Waals surface area contributed by atoms with Crippen molar-refractivity contribution in [3.8, 4) is 0 Å². The van der Waals surface area contributed by atoms with E-state index in [9.17, 15) is 9.18 Å². The molecule has 1 aromatic rings. The first-order valence-electron chi connectivity index (χ1n) is 6.49. The molecule has 19 heavy (non-hydrogen) atoms. The van der Waals surface area contributed by atoms with Crippen LogP contribution in [0.1, 0.15) is 38.3 Å². The lowest BCUT2D eigenvalue weighted by Crippen LogP contribution is -2.29. The number of carbonyl (C=O) groups excluding carboxylic acids is 1. The molecule has 1 rings (SSSR count). The highest BCUT2D eigenvalue weighted by Crippen LogP contribution is 2.23. The van der Waals surface area contributed by atoms with Crippen molar-refractivity contribution in [3.63, 3.8) is 0 Å². The molecule has 1 aromatic carbocycles. The number of hydrogen-bond donors (Lipinski definition) is 2. The Hall–Kier alpha value is -1.13. The molecular formula is C14H20ClFN2O. The van der Waals surface area contributed by atoms with Gasteiger partial charge in [-0.25, -0.2) is 4.39 Å². The van der Waals surface area contributed by atoms with Gasteiger partial charge in [0.15, 0.2) is 0 Å². The van der Waals surface area contributed by atoms with Gasteiger partial charge in [0.1, 0.15) is 5.82 Å². The third-order valence-corrected chi connectivity index (χ3v) is 3.13. The summed E-state index contributed by atoms with van der Waals surface area (Å²) in [5.74, 6) is -0.313. The van der Waals surface area contributed by atoms with E-state index in [2.05, 4.69) is 10.6 Å². The van der Waals surface area contributed by atoms with E-state index in [1.807, 2.05) is 13.8 Å². The quantitative estimate of drug-likeness (QED) is 0.809. The fraction of sp³-hybridized carbons (Fsp3) is 0.500. The van der Waals surface area contributed by atoms with E-state index in [-0.39, 0.29) is 17.8 Å². The predicted molar refractivity (Wildman–Crippen MR) is 75.7 cm³/mol. The predicted octanol–water partition coefficient (Wildman–Crippen LogP) is 3.05. The highest BCUT2D eigenvalue weighted by Gasteiger charge is 2.10. The largest absolute Gasteiger partial charge is 0.356 e. The Balaban J connectivity index is 2.38. The SMILES string of the molecule is CCCNC(=O)CCNC(C)c1ccc(F)cc1Cl. The van der Waals surface area contributed by atoms with Gasteiger partial charge in [-0.15, -0.1) is 0 Å². The fourth-order valence-corrected chi connectivity index (χ4v) is 2.05. The van der Waals surface area contributed by atoms with Crippen LogP contribution in [0.25, 0.3) is 0 Å². The van der Waals surface area contributed by atoms with E-state index in [4.69, 9.17) is 11.6 Å². The van der Waals surface area contributed by atoms with Crippen LogP contribution >= 0.6 is 11.6 Å². The monoisotopic (exact) mass is 286 g/mol. The van der Waals surface area contributed by atoms with Crippen LogP contribution in [0.5, 0.6) is 0 Å². The Morgan fingerprint density at radius 3 is 2.79 bits per heavy atom. The number of carbonyl (C=O) groups is 1. The zero-order valence-corrected chi connectivity index (χ0v) is 12.1. The molecule has 0 fully saturated rings. The number of rotatable bonds is 7. The van der Waals surface area contributed by atoms with Crippen LogP contribution in [0.4, 0.5) is 4.39 Å². The molecule has 1 unspecified atom stereocenters. The smallest absolute Gasteiger partial charge is 0.221 e. The Morgan fingerprint density at radius 2 is 2.16 bits per heavy atom. The van der Waals surface area contributed by atoms with Crippen LogP contribution in [0.2, 0.25) is 5.02 Å². The van der Waals surface area contributed by atoms with Crippen molar-refractivity contribution in [1.82, 2.24) is 10.6 Å². The minimum absolute atomic E-state index is 0.0212. The van der Waals surface area contributed by atoms with Gasteiger partial charge >= 0.3 is 0 Å². The van der Waals surface area contributed by atoms with Gasteiger partial charge in [0.2, 0.25) is 5.91 Å². The normalized spacial score (nSPS) is 12.2. The standard InChI is InChI=1S/C14H20ClFN2O/c1-3-7-18-14(19)6-8-17-10(2)12-5-4-11(16)9-13(12)15/h4-5,9-10,17H,3,6-8H2,1-2H3,(H,18,19). The Morgan fingerprint density at radius 1 is 1.42 bits per heavy atom. The zero-order chi connectivity index (χ0) is 14.3. The molecule has 0 saturated carbocycles. The first kappa shape index (κ1) is 15.9. The van der Waals surface area contributed by atoms with Crippen molar-refractivity contribution < 1.29 is 9.18 Å². The zero-order valence-electron chi connectivity index (χ0n) is 11.3. The number of amides is 1. The number of benzene rings is 1. The van der Waals surface area contributed by atoms with Gasteiger partial charge in [-0.3, -0.25) is 4.79 Å². The van der Waals surface area contributed by atoms with Crippen molar-refractivity contribution in [2.24, 2.45) is 0 Å². The fourth-order valence-electron chi connectivity index (χ4n) is 1.72. The lowest BCUT2D eigenvalue weighted by Gasteiger charge is -2.15. The summed E-state index contributed by atoms with van der Waals surface area (Å²) in [6.45, 7) is 5.21. The summed E-state index contributed by atoms with van der Waals surface area (Å²) in [6, 6.07) is 4.31. The summed E-state index contributed by atoms with van der Waals surface area (Å²) in [4.78, 5) is 11.4. The van der Waals surface area contributed by atoms with E-state index in [1.165, 1.54) is 12.1 Å². The molecule has 0 heterocycles.